The van der Waals surface area contributed by atoms with Crippen LogP contribution < -0.4 is 10.6 Å². The van der Waals surface area contributed by atoms with Gasteiger partial charge in [-0.1, -0.05) is 18.2 Å². The minimum absolute atomic E-state index is 0.0246. The summed E-state index contributed by atoms with van der Waals surface area (Å²) in [5.41, 5.74) is 3.46. The van der Waals surface area contributed by atoms with Crippen LogP contribution in [0.5, 0.6) is 0 Å². The molecule has 27 heavy (non-hydrogen) atoms. The van der Waals surface area contributed by atoms with Crippen LogP contribution in [-0.2, 0) is 24.8 Å². The number of nitrogens with zero attached hydrogens (tertiary/aromatic N) is 3. The third-order valence-corrected chi connectivity index (χ3v) is 5.44. The van der Waals surface area contributed by atoms with Crippen molar-refractivity contribution in [3.8, 4) is 0 Å². The van der Waals surface area contributed by atoms with Crippen LogP contribution in [0.3, 0.4) is 0 Å². The summed E-state index contributed by atoms with van der Waals surface area (Å²) in [4.78, 5) is 27.5. The molecule has 0 spiro atoms. The number of nitrogens with one attached hydrogen (secondary N) is 2. The van der Waals surface area contributed by atoms with Crippen LogP contribution in [0.1, 0.15) is 34.6 Å². The summed E-state index contributed by atoms with van der Waals surface area (Å²) in [5, 5.41) is 10.8. The maximum atomic E-state index is 13.1. The minimum atomic E-state index is -0.194. The standard InChI is InChI=1S/C20H25N5O2/c1-24-17-9-10-21-12-16(17)18(23-24)20(27)25-11-5-6-14(13-25)19(26)22-15-7-3-2-4-8-15/h2-4,7-8,14,21H,5-6,9-13H2,1H3,(H,22,26). The number of piperidine rings is 1. The molecule has 2 amide bonds. The molecule has 2 aliphatic heterocycles. The summed E-state index contributed by atoms with van der Waals surface area (Å²) in [6.45, 7) is 2.70. The molecule has 1 saturated heterocycles. The number of benzene rings is 1. The van der Waals surface area contributed by atoms with Gasteiger partial charge in [0.1, 0.15) is 0 Å². The predicted octanol–water partition coefficient (Wildman–Crippen LogP) is 1.56. The first-order chi connectivity index (χ1) is 13.1. The highest BCUT2D eigenvalue weighted by molar-refractivity contribution is 5.96. The molecule has 0 bridgehead atoms. The first-order valence-corrected chi connectivity index (χ1v) is 9.54. The van der Waals surface area contributed by atoms with Crippen LogP contribution in [0.15, 0.2) is 30.3 Å². The fourth-order valence-corrected chi connectivity index (χ4v) is 3.98. The van der Waals surface area contributed by atoms with E-state index in [1.54, 1.807) is 4.90 Å². The van der Waals surface area contributed by atoms with Gasteiger partial charge in [0, 0.05) is 56.6 Å². The Balaban J connectivity index is 1.47. The van der Waals surface area contributed by atoms with E-state index in [1.165, 1.54) is 0 Å². The third kappa shape index (κ3) is 3.60. The Bertz CT molecular complexity index is 846. The Labute approximate surface area is 158 Å². The molecule has 2 aliphatic rings. The summed E-state index contributed by atoms with van der Waals surface area (Å²) in [6, 6.07) is 9.45. The van der Waals surface area contributed by atoms with E-state index >= 15 is 0 Å². The molecule has 1 aromatic heterocycles. The zero-order valence-electron chi connectivity index (χ0n) is 15.6. The summed E-state index contributed by atoms with van der Waals surface area (Å²) >= 11 is 0. The van der Waals surface area contributed by atoms with Gasteiger partial charge >= 0.3 is 0 Å². The van der Waals surface area contributed by atoms with Crippen molar-refractivity contribution in [2.24, 2.45) is 13.0 Å². The smallest absolute Gasteiger partial charge is 0.274 e. The number of fused-ring (bicyclic) bond motifs is 1. The van der Waals surface area contributed by atoms with E-state index < -0.39 is 0 Å². The largest absolute Gasteiger partial charge is 0.336 e. The van der Waals surface area contributed by atoms with E-state index in [2.05, 4.69) is 15.7 Å². The fourth-order valence-electron chi connectivity index (χ4n) is 3.98. The summed E-state index contributed by atoms with van der Waals surface area (Å²) in [7, 11) is 1.90. The highest BCUT2D eigenvalue weighted by atomic mass is 16.2. The number of hydrogen-bond acceptors (Lipinski definition) is 4. The molecule has 4 rings (SSSR count). The zero-order valence-corrected chi connectivity index (χ0v) is 15.6. The third-order valence-electron chi connectivity index (χ3n) is 5.44. The number of aromatic nitrogens is 2. The van der Waals surface area contributed by atoms with Crippen molar-refractivity contribution in [3.05, 3.63) is 47.3 Å². The van der Waals surface area contributed by atoms with Gasteiger partial charge < -0.3 is 15.5 Å². The lowest BCUT2D eigenvalue weighted by atomic mass is 9.96. The average molecular weight is 367 g/mol. The maximum Gasteiger partial charge on any atom is 0.274 e. The monoisotopic (exact) mass is 367 g/mol. The van der Waals surface area contributed by atoms with Crippen molar-refractivity contribution >= 4 is 17.5 Å². The molecule has 7 nitrogen and oxygen atoms in total. The summed E-state index contributed by atoms with van der Waals surface area (Å²) in [5.74, 6) is -0.281. The number of hydrogen-bond donors (Lipinski definition) is 2. The molecule has 1 unspecified atom stereocenters. The average Bonchev–Trinajstić information content (AvgIpc) is 3.05. The molecule has 1 fully saturated rings. The minimum Gasteiger partial charge on any atom is -0.336 e. The number of anilines is 1. The first kappa shape index (κ1) is 17.7. The van der Waals surface area contributed by atoms with E-state index in [0.717, 1.165) is 42.8 Å². The van der Waals surface area contributed by atoms with Gasteiger partial charge in [-0.05, 0) is 25.0 Å². The van der Waals surface area contributed by atoms with Crippen LogP contribution in [0, 0.1) is 5.92 Å². The van der Waals surface area contributed by atoms with Crippen LogP contribution >= 0.6 is 0 Å². The van der Waals surface area contributed by atoms with Gasteiger partial charge in [-0.3, -0.25) is 14.3 Å². The van der Waals surface area contributed by atoms with E-state index in [0.29, 0.717) is 25.3 Å². The van der Waals surface area contributed by atoms with Crippen LogP contribution in [0.25, 0.3) is 0 Å². The number of aryl methyl sites for hydroxylation is 1. The number of carbonyl (C=O) groups excluding carboxylic acids is 2. The normalized spacial score (nSPS) is 19.4. The van der Waals surface area contributed by atoms with Crippen molar-refractivity contribution < 1.29 is 9.59 Å². The number of carbonyl (C=O) groups is 2. The fraction of sp³-hybridized carbons (Fsp3) is 0.450. The van der Waals surface area contributed by atoms with Crippen LogP contribution in [-0.4, -0.2) is 46.1 Å². The van der Waals surface area contributed by atoms with Crippen molar-refractivity contribution in [1.29, 1.82) is 0 Å². The quantitative estimate of drug-likeness (QED) is 0.863. The van der Waals surface area contributed by atoms with Crippen molar-refractivity contribution in [2.45, 2.75) is 25.8 Å². The topological polar surface area (TPSA) is 79.3 Å². The van der Waals surface area contributed by atoms with Crippen LogP contribution in [0.2, 0.25) is 0 Å². The molecule has 142 valence electrons. The number of rotatable bonds is 3. The lowest BCUT2D eigenvalue weighted by molar-refractivity contribution is -0.121. The molecule has 7 heteroatoms. The van der Waals surface area contributed by atoms with Crippen molar-refractivity contribution in [1.82, 2.24) is 20.0 Å². The summed E-state index contributed by atoms with van der Waals surface area (Å²) in [6.07, 6.45) is 2.50. The lowest BCUT2D eigenvalue weighted by Crippen LogP contribution is -2.44. The molecule has 1 atom stereocenters. The Hall–Kier alpha value is -2.67. The van der Waals surface area contributed by atoms with E-state index in [-0.39, 0.29) is 17.7 Å². The van der Waals surface area contributed by atoms with Gasteiger partial charge in [-0.25, -0.2) is 0 Å². The maximum absolute atomic E-state index is 13.1. The van der Waals surface area contributed by atoms with Gasteiger partial charge in [0.25, 0.3) is 5.91 Å². The molecular weight excluding hydrogens is 342 g/mol. The molecule has 3 heterocycles. The Morgan fingerprint density at radius 1 is 1.26 bits per heavy atom. The number of para-hydroxylation sites is 1. The number of likely N-dealkylation sites (tertiary alicyclic amines) is 1. The lowest BCUT2D eigenvalue weighted by Gasteiger charge is -2.32. The second-order valence-electron chi connectivity index (χ2n) is 7.27. The first-order valence-electron chi connectivity index (χ1n) is 9.54. The molecular formula is C20H25N5O2. The van der Waals surface area contributed by atoms with Crippen LogP contribution in [0.4, 0.5) is 5.69 Å². The molecule has 2 aromatic rings. The molecule has 0 aliphatic carbocycles. The number of amides is 2. The Morgan fingerprint density at radius 3 is 2.89 bits per heavy atom. The predicted molar refractivity (Wildman–Crippen MR) is 102 cm³/mol. The second kappa shape index (κ2) is 7.52. The van der Waals surface area contributed by atoms with Gasteiger partial charge in [0.2, 0.25) is 5.91 Å². The van der Waals surface area contributed by atoms with Gasteiger partial charge in [-0.2, -0.15) is 5.10 Å². The highest BCUT2D eigenvalue weighted by Crippen LogP contribution is 2.23. The second-order valence-corrected chi connectivity index (χ2v) is 7.27. The SMILES string of the molecule is Cn1nc(C(=O)N2CCCC(C(=O)Nc3ccccc3)C2)c2c1CCNC2. The zero-order chi connectivity index (χ0) is 18.8. The van der Waals surface area contributed by atoms with E-state index in [4.69, 9.17) is 0 Å². The van der Waals surface area contributed by atoms with Gasteiger partial charge in [0.15, 0.2) is 5.69 Å². The van der Waals surface area contributed by atoms with Crippen molar-refractivity contribution in [3.63, 3.8) is 0 Å². The van der Waals surface area contributed by atoms with Gasteiger partial charge in [0.05, 0.1) is 5.92 Å². The van der Waals surface area contributed by atoms with E-state index in [1.807, 2.05) is 42.1 Å². The molecule has 2 N–H and O–H groups in total. The highest BCUT2D eigenvalue weighted by Gasteiger charge is 2.32. The molecule has 0 saturated carbocycles. The van der Waals surface area contributed by atoms with E-state index in [9.17, 15) is 9.59 Å². The molecule has 1 aromatic carbocycles. The summed E-state index contributed by atoms with van der Waals surface area (Å²) < 4.78 is 1.83. The Kier molecular flexibility index (Phi) is 4.94. The van der Waals surface area contributed by atoms with Gasteiger partial charge in [-0.15, -0.1) is 0 Å². The molecule has 0 radical (unpaired) electrons. The van der Waals surface area contributed by atoms with Crippen molar-refractivity contribution in [2.75, 3.05) is 25.0 Å². The Morgan fingerprint density at radius 2 is 2.07 bits per heavy atom.